The van der Waals surface area contributed by atoms with Gasteiger partial charge in [0, 0.05) is 29.7 Å². The zero-order valence-electron chi connectivity index (χ0n) is 20.2. The minimum Gasteiger partial charge on any atom is -0.494 e. The van der Waals surface area contributed by atoms with Gasteiger partial charge in [-0.15, -0.1) is 0 Å². The second kappa shape index (κ2) is 8.84. The van der Waals surface area contributed by atoms with Crippen LogP contribution in [0.15, 0.2) is 85.1 Å². The zero-order chi connectivity index (χ0) is 24.8. The molecule has 0 unspecified atom stereocenters. The minimum atomic E-state index is -0.905. The van der Waals surface area contributed by atoms with Crippen LogP contribution >= 0.6 is 0 Å². The van der Waals surface area contributed by atoms with Gasteiger partial charge in [-0.05, 0) is 48.9 Å². The van der Waals surface area contributed by atoms with Crippen molar-refractivity contribution >= 4 is 34.1 Å². The summed E-state index contributed by atoms with van der Waals surface area (Å²) in [5.74, 6) is -0.584. The van der Waals surface area contributed by atoms with E-state index < -0.39 is 18.1 Å². The summed E-state index contributed by atoms with van der Waals surface area (Å²) >= 11 is 0. The lowest BCUT2D eigenvalue weighted by atomic mass is 9.90. The smallest absolute Gasteiger partial charge is 0.266 e. The predicted octanol–water partition coefficient (Wildman–Crippen LogP) is 5.02. The number of fused-ring (bicyclic) bond motifs is 2. The Morgan fingerprint density at radius 2 is 1.58 bits per heavy atom. The van der Waals surface area contributed by atoms with E-state index in [4.69, 9.17) is 9.57 Å². The second-order valence-corrected chi connectivity index (χ2v) is 9.22. The number of rotatable bonds is 6. The van der Waals surface area contributed by atoms with Gasteiger partial charge in [-0.25, -0.2) is 9.96 Å². The largest absolute Gasteiger partial charge is 0.494 e. The predicted molar refractivity (Wildman–Crippen MR) is 138 cm³/mol. The third-order valence-corrected chi connectivity index (χ3v) is 6.94. The van der Waals surface area contributed by atoms with Crippen LogP contribution in [0.1, 0.15) is 24.9 Å². The summed E-state index contributed by atoms with van der Waals surface area (Å²) in [7, 11) is 1.99. The Labute approximate surface area is 209 Å². The molecule has 1 aromatic heterocycles. The number of hydrogen-bond acceptors (Lipinski definition) is 5. The van der Waals surface area contributed by atoms with Gasteiger partial charge in [0.05, 0.1) is 24.0 Å². The fraction of sp³-hybridized carbons (Fsp3) is 0.241. The van der Waals surface area contributed by atoms with E-state index in [1.54, 1.807) is 29.3 Å². The van der Waals surface area contributed by atoms with Gasteiger partial charge in [0.2, 0.25) is 5.91 Å². The van der Waals surface area contributed by atoms with Crippen molar-refractivity contribution in [3.63, 3.8) is 0 Å². The molecule has 6 rings (SSSR count). The molecule has 0 spiro atoms. The Morgan fingerprint density at radius 3 is 2.33 bits per heavy atom. The maximum Gasteiger partial charge on any atom is 0.266 e. The number of aromatic nitrogens is 1. The molecule has 182 valence electrons. The first-order chi connectivity index (χ1) is 17.6. The number of hydroxylamine groups is 1. The summed E-state index contributed by atoms with van der Waals surface area (Å²) in [5, 5.41) is 2.78. The first-order valence-electron chi connectivity index (χ1n) is 12.2. The highest BCUT2D eigenvalue weighted by molar-refractivity contribution is 6.24. The first kappa shape index (κ1) is 22.4. The maximum atomic E-state index is 13.9. The maximum absolute atomic E-state index is 13.9. The normalized spacial score (nSPS) is 21.4. The SMILES string of the molecule is CCCOc1ccc(N2C(=O)[C@H]3[C@H](ON(c4ccccc4)[C@H]3c3cn(C)c4ccccc34)C2=O)cc1. The van der Waals surface area contributed by atoms with Crippen LogP contribution in [0.5, 0.6) is 5.75 Å². The van der Waals surface area contributed by atoms with Crippen LogP contribution in [0.25, 0.3) is 10.9 Å². The van der Waals surface area contributed by atoms with E-state index >= 15 is 0 Å². The number of amides is 2. The van der Waals surface area contributed by atoms with Gasteiger partial charge < -0.3 is 9.30 Å². The van der Waals surface area contributed by atoms with Gasteiger partial charge in [0.1, 0.15) is 11.7 Å². The number of imide groups is 1. The van der Waals surface area contributed by atoms with Gasteiger partial charge in [-0.2, -0.15) is 0 Å². The number of carbonyl (C=O) groups excluding carboxylic acids is 2. The molecule has 0 radical (unpaired) electrons. The van der Waals surface area contributed by atoms with Gasteiger partial charge in [-0.3, -0.25) is 14.4 Å². The van der Waals surface area contributed by atoms with Gasteiger partial charge in [0.25, 0.3) is 5.91 Å². The third-order valence-electron chi connectivity index (χ3n) is 6.94. The minimum absolute atomic E-state index is 0.261. The molecule has 2 saturated heterocycles. The molecule has 0 aliphatic carbocycles. The number of benzene rings is 3. The van der Waals surface area contributed by atoms with Crippen molar-refractivity contribution in [3.8, 4) is 5.75 Å². The lowest BCUT2D eigenvalue weighted by molar-refractivity contribution is -0.126. The van der Waals surface area contributed by atoms with Crippen molar-refractivity contribution in [2.75, 3.05) is 16.6 Å². The summed E-state index contributed by atoms with van der Waals surface area (Å²) in [4.78, 5) is 35.1. The topological polar surface area (TPSA) is 64.0 Å². The van der Waals surface area contributed by atoms with Crippen LogP contribution in [-0.4, -0.2) is 29.1 Å². The molecule has 7 heteroatoms. The third kappa shape index (κ3) is 3.46. The molecule has 36 heavy (non-hydrogen) atoms. The number of carbonyl (C=O) groups is 2. The Kier molecular flexibility index (Phi) is 5.49. The summed E-state index contributed by atoms with van der Waals surface area (Å²) in [5.41, 5.74) is 3.33. The Balaban J connectivity index is 1.42. The molecular weight excluding hydrogens is 454 g/mol. The molecule has 0 saturated carbocycles. The van der Waals surface area contributed by atoms with E-state index in [0.717, 1.165) is 28.6 Å². The summed E-state index contributed by atoms with van der Waals surface area (Å²) in [6.45, 7) is 2.65. The van der Waals surface area contributed by atoms with Crippen LogP contribution in [0, 0.1) is 5.92 Å². The number of nitrogens with zero attached hydrogens (tertiary/aromatic N) is 3. The fourth-order valence-corrected chi connectivity index (χ4v) is 5.30. The number of aryl methyl sites for hydroxylation is 1. The van der Waals surface area contributed by atoms with E-state index in [1.165, 1.54) is 4.90 Å². The highest BCUT2D eigenvalue weighted by Crippen LogP contribution is 2.49. The van der Waals surface area contributed by atoms with Gasteiger partial charge in [0.15, 0.2) is 6.10 Å². The fourth-order valence-electron chi connectivity index (χ4n) is 5.30. The molecule has 2 aliphatic heterocycles. The molecule has 3 aromatic carbocycles. The van der Waals surface area contributed by atoms with Crippen molar-refractivity contribution in [2.45, 2.75) is 25.5 Å². The van der Waals surface area contributed by atoms with E-state index in [1.807, 2.05) is 62.6 Å². The molecule has 2 aliphatic rings. The quantitative estimate of drug-likeness (QED) is 0.362. The van der Waals surface area contributed by atoms with Gasteiger partial charge in [-0.1, -0.05) is 43.3 Å². The molecule has 2 amide bonds. The number of ether oxygens (including phenoxy) is 1. The number of hydrogen-bond donors (Lipinski definition) is 0. The van der Waals surface area contributed by atoms with Crippen LogP contribution < -0.4 is 14.7 Å². The number of para-hydroxylation sites is 2. The zero-order valence-corrected chi connectivity index (χ0v) is 20.2. The van der Waals surface area contributed by atoms with Gasteiger partial charge >= 0.3 is 0 Å². The molecule has 3 atom stereocenters. The Bertz CT molecular complexity index is 1430. The van der Waals surface area contributed by atoms with Crippen LogP contribution in [0.3, 0.4) is 0 Å². The lowest BCUT2D eigenvalue weighted by Crippen LogP contribution is -2.37. The average molecular weight is 482 g/mol. The van der Waals surface area contributed by atoms with Crippen molar-refractivity contribution in [1.29, 1.82) is 0 Å². The van der Waals surface area contributed by atoms with E-state index in [2.05, 4.69) is 16.7 Å². The molecule has 0 N–H and O–H groups in total. The molecule has 3 heterocycles. The van der Waals surface area contributed by atoms with E-state index in [9.17, 15) is 9.59 Å². The highest BCUT2D eigenvalue weighted by atomic mass is 16.7. The Morgan fingerprint density at radius 1 is 0.861 bits per heavy atom. The van der Waals surface area contributed by atoms with Crippen LogP contribution in [0.4, 0.5) is 11.4 Å². The van der Waals surface area contributed by atoms with E-state index in [-0.39, 0.29) is 11.8 Å². The van der Waals surface area contributed by atoms with Crippen molar-refractivity contribution in [2.24, 2.45) is 13.0 Å². The summed E-state index contributed by atoms with van der Waals surface area (Å²) < 4.78 is 7.71. The molecule has 2 fully saturated rings. The summed E-state index contributed by atoms with van der Waals surface area (Å²) in [6, 6.07) is 24.3. The second-order valence-electron chi connectivity index (χ2n) is 9.22. The Hall–Kier alpha value is -4.10. The van der Waals surface area contributed by atoms with Crippen LogP contribution in [0.2, 0.25) is 0 Å². The molecule has 0 bridgehead atoms. The van der Waals surface area contributed by atoms with E-state index in [0.29, 0.717) is 18.0 Å². The highest BCUT2D eigenvalue weighted by Gasteiger charge is 2.60. The summed E-state index contributed by atoms with van der Waals surface area (Å²) in [6.07, 6.45) is 2.04. The molecular formula is C29H27N3O4. The number of anilines is 2. The standard InChI is InChI=1S/C29H27N3O4/c1-3-17-35-21-15-13-19(14-16-21)31-28(33)25-26(23-18-30(2)24-12-8-7-11-22(23)24)32(36-27(25)29(31)34)20-9-5-4-6-10-20/h4-16,18,25-27H,3,17H2,1-2H3/t25-,26+,27+/m1/s1. The first-order valence-corrected chi connectivity index (χ1v) is 12.2. The monoisotopic (exact) mass is 481 g/mol. The average Bonchev–Trinajstić information content (AvgIpc) is 3.54. The van der Waals surface area contributed by atoms with Crippen molar-refractivity contribution < 1.29 is 19.2 Å². The molecule has 4 aromatic rings. The lowest BCUT2D eigenvalue weighted by Gasteiger charge is -2.28. The van der Waals surface area contributed by atoms with Crippen molar-refractivity contribution in [3.05, 3.63) is 90.6 Å². The van der Waals surface area contributed by atoms with Crippen molar-refractivity contribution in [1.82, 2.24) is 4.57 Å². The molecule has 7 nitrogen and oxygen atoms in total. The van der Waals surface area contributed by atoms with Crippen LogP contribution in [-0.2, 0) is 21.5 Å².